The molecule has 2 atom stereocenters. The van der Waals surface area contributed by atoms with E-state index in [1.807, 2.05) is 63.2 Å². The van der Waals surface area contributed by atoms with Gasteiger partial charge in [0.25, 0.3) is 5.91 Å². The minimum atomic E-state index is -0.586. The summed E-state index contributed by atoms with van der Waals surface area (Å²) in [5.74, 6) is 0.928. The van der Waals surface area contributed by atoms with Crippen LogP contribution >= 0.6 is 0 Å². The molecular weight excluding hydrogens is 380 g/mol. The van der Waals surface area contributed by atoms with Gasteiger partial charge in [0, 0.05) is 12.6 Å². The van der Waals surface area contributed by atoms with Gasteiger partial charge in [0.1, 0.15) is 17.5 Å². The van der Waals surface area contributed by atoms with Gasteiger partial charge in [-0.3, -0.25) is 9.59 Å². The van der Waals surface area contributed by atoms with Crippen LogP contribution in [0.5, 0.6) is 11.5 Å². The molecule has 1 N–H and O–H groups in total. The first kappa shape index (κ1) is 23.3. The summed E-state index contributed by atoms with van der Waals surface area (Å²) in [7, 11) is 1.60. The molecule has 0 heterocycles. The summed E-state index contributed by atoms with van der Waals surface area (Å²) in [6, 6.07) is 16.1. The molecule has 0 aromatic heterocycles. The highest BCUT2D eigenvalue weighted by Gasteiger charge is 2.29. The molecule has 0 aliphatic carbocycles. The van der Waals surface area contributed by atoms with E-state index < -0.39 is 6.04 Å². The van der Waals surface area contributed by atoms with Crippen LogP contribution in [0.25, 0.3) is 0 Å². The third-order valence-electron chi connectivity index (χ3n) is 4.98. The lowest BCUT2D eigenvalue weighted by Gasteiger charge is -2.31. The van der Waals surface area contributed by atoms with Crippen LogP contribution in [0.1, 0.15) is 39.2 Å². The van der Waals surface area contributed by atoms with E-state index in [1.54, 1.807) is 24.1 Å². The number of amides is 2. The highest BCUT2D eigenvalue weighted by molar-refractivity contribution is 5.88. The van der Waals surface area contributed by atoms with E-state index in [-0.39, 0.29) is 24.5 Å². The van der Waals surface area contributed by atoms with Crippen LogP contribution in [0, 0.1) is 0 Å². The van der Waals surface area contributed by atoms with Crippen molar-refractivity contribution < 1.29 is 19.1 Å². The van der Waals surface area contributed by atoms with E-state index in [1.165, 1.54) is 0 Å². The summed E-state index contributed by atoms with van der Waals surface area (Å²) in [5, 5.41) is 3.00. The number of nitrogens with one attached hydrogen (secondary N) is 1. The van der Waals surface area contributed by atoms with Crippen molar-refractivity contribution in [1.29, 1.82) is 0 Å². The average molecular weight is 413 g/mol. The first-order chi connectivity index (χ1) is 14.5. The molecule has 0 saturated heterocycles. The van der Waals surface area contributed by atoms with E-state index in [2.05, 4.69) is 5.32 Å². The molecule has 6 nitrogen and oxygen atoms in total. The average Bonchev–Trinajstić information content (AvgIpc) is 2.78. The predicted octanol–water partition coefficient (Wildman–Crippen LogP) is 3.80. The summed E-state index contributed by atoms with van der Waals surface area (Å²) >= 11 is 0. The number of para-hydroxylation sites is 1. The molecule has 0 aliphatic heterocycles. The van der Waals surface area contributed by atoms with E-state index in [0.29, 0.717) is 24.5 Å². The maximum atomic E-state index is 13.1. The molecule has 0 aliphatic rings. The molecule has 0 radical (unpaired) electrons. The Bertz CT molecular complexity index is 810. The van der Waals surface area contributed by atoms with Gasteiger partial charge in [0.2, 0.25) is 5.91 Å². The van der Waals surface area contributed by atoms with Gasteiger partial charge in [0.05, 0.1) is 7.11 Å². The van der Waals surface area contributed by atoms with E-state index in [0.717, 1.165) is 12.0 Å². The molecule has 0 unspecified atom stereocenters. The van der Waals surface area contributed by atoms with Gasteiger partial charge in [-0.15, -0.1) is 0 Å². The fourth-order valence-corrected chi connectivity index (χ4v) is 3.07. The van der Waals surface area contributed by atoms with E-state index in [9.17, 15) is 9.59 Å². The van der Waals surface area contributed by atoms with E-state index in [4.69, 9.17) is 9.47 Å². The van der Waals surface area contributed by atoms with Crippen molar-refractivity contribution in [1.82, 2.24) is 10.2 Å². The Hall–Kier alpha value is -3.02. The number of hydrogen-bond donors (Lipinski definition) is 1. The van der Waals surface area contributed by atoms with Crippen LogP contribution in [0.15, 0.2) is 54.6 Å². The van der Waals surface area contributed by atoms with Gasteiger partial charge < -0.3 is 19.7 Å². The fourth-order valence-electron chi connectivity index (χ4n) is 3.07. The van der Waals surface area contributed by atoms with Gasteiger partial charge in [-0.05, 0) is 49.6 Å². The highest BCUT2D eigenvalue weighted by Crippen LogP contribution is 2.18. The smallest absolute Gasteiger partial charge is 0.261 e. The molecule has 0 saturated carbocycles. The third-order valence-corrected chi connectivity index (χ3v) is 4.98. The molecule has 0 spiro atoms. The van der Waals surface area contributed by atoms with Gasteiger partial charge in [-0.1, -0.05) is 44.2 Å². The maximum Gasteiger partial charge on any atom is 0.261 e. The first-order valence-corrected chi connectivity index (χ1v) is 10.4. The summed E-state index contributed by atoms with van der Waals surface area (Å²) in [5.41, 5.74) is 0.886. The topological polar surface area (TPSA) is 67.9 Å². The molecule has 0 fully saturated rings. The predicted molar refractivity (Wildman–Crippen MR) is 117 cm³/mol. The second kappa shape index (κ2) is 11.9. The zero-order valence-electron chi connectivity index (χ0n) is 18.3. The Morgan fingerprint density at radius 3 is 2.33 bits per heavy atom. The molecule has 6 heteroatoms. The molecule has 162 valence electrons. The SMILES string of the molecule is CC[C@@H](C)NC(=O)[C@@H](CC)N(Cc1cccc(OC)c1)C(=O)COc1ccccc1. The monoisotopic (exact) mass is 412 g/mol. The molecule has 2 aromatic rings. The normalized spacial score (nSPS) is 12.5. The minimum Gasteiger partial charge on any atom is -0.497 e. The number of rotatable bonds is 11. The number of carbonyl (C=O) groups excluding carboxylic acids is 2. The number of carbonyl (C=O) groups is 2. The van der Waals surface area contributed by atoms with Crippen LogP contribution < -0.4 is 14.8 Å². The van der Waals surface area contributed by atoms with Crippen molar-refractivity contribution in [2.45, 2.75) is 52.2 Å². The van der Waals surface area contributed by atoms with Crippen molar-refractivity contribution in [3.05, 3.63) is 60.2 Å². The molecule has 2 amide bonds. The number of nitrogens with zero attached hydrogens (tertiary/aromatic N) is 1. The van der Waals surface area contributed by atoms with Crippen molar-refractivity contribution >= 4 is 11.8 Å². The lowest BCUT2D eigenvalue weighted by molar-refractivity contribution is -0.143. The van der Waals surface area contributed by atoms with Crippen molar-refractivity contribution in [2.75, 3.05) is 13.7 Å². The van der Waals surface area contributed by atoms with Crippen molar-refractivity contribution in [3.63, 3.8) is 0 Å². The summed E-state index contributed by atoms with van der Waals surface area (Å²) in [4.78, 5) is 27.6. The van der Waals surface area contributed by atoms with E-state index >= 15 is 0 Å². The third kappa shape index (κ3) is 6.79. The Kier molecular flexibility index (Phi) is 9.19. The van der Waals surface area contributed by atoms with Crippen molar-refractivity contribution in [3.8, 4) is 11.5 Å². The second-order valence-electron chi connectivity index (χ2n) is 7.22. The Morgan fingerprint density at radius 1 is 1.00 bits per heavy atom. The summed E-state index contributed by atoms with van der Waals surface area (Å²) < 4.78 is 11.0. The lowest BCUT2D eigenvalue weighted by Crippen LogP contribution is -2.51. The molecule has 0 bridgehead atoms. The zero-order valence-corrected chi connectivity index (χ0v) is 18.3. The Morgan fingerprint density at radius 2 is 1.70 bits per heavy atom. The fraction of sp³-hybridized carbons (Fsp3) is 0.417. The molecule has 30 heavy (non-hydrogen) atoms. The molecule has 2 rings (SSSR count). The van der Waals surface area contributed by atoms with Gasteiger partial charge >= 0.3 is 0 Å². The highest BCUT2D eigenvalue weighted by atomic mass is 16.5. The zero-order chi connectivity index (χ0) is 21.9. The minimum absolute atomic E-state index is 0.0425. The second-order valence-corrected chi connectivity index (χ2v) is 7.22. The van der Waals surface area contributed by atoms with Gasteiger partial charge in [-0.25, -0.2) is 0 Å². The van der Waals surface area contributed by atoms with Crippen LogP contribution in [0.3, 0.4) is 0 Å². The largest absolute Gasteiger partial charge is 0.497 e. The van der Waals surface area contributed by atoms with Crippen LogP contribution in [-0.4, -0.2) is 42.5 Å². The quantitative estimate of drug-likeness (QED) is 0.610. The summed E-state index contributed by atoms with van der Waals surface area (Å²) in [6.07, 6.45) is 1.33. The molecular formula is C24H32N2O4. The number of ether oxygens (including phenoxy) is 2. The maximum absolute atomic E-state index is 13.1. The van der Waals surface area contributed by atoms with Gasteiger partial charge in [-0.2, -0.15) is 0 Å². The number of hydrogen-bond acceptors (Lipinski definition) is 4. The first-order valence-electron chi connectivity index (χ1n) is 10.4. The molecule has 2 aromatic carbocycles. The Labute approximate surface area is 179 Å². The van der Waals surface area contributed by atoms with Crippen LogP contribution in [-0.2, 0) is 16.1 Å². The standard InChI is InChI=1S/C24H32N2O4/c1-5-18(3)25-24(28)22(6-2)26(16-19-11-10-14-21(15-19)29-4)23(27)17-30-20-12-8-7-9-13-20/h7-15,18,22H,5-6,16-17H2,1-4H3,(H,25,28)/t18-,22-/m1/s1. The van der Waals surface area contributed by atoms with Crippen LogP contribution in [0.4, 0.5) is 0 Å². The van der Waals surface area contributed by atoms with Crippen LogP contribution in [0.2, 0.25) is 0 Å². The lowest BCUT2D eigenvalue weighted by atomic mass is 10.1. The van der Waals surface area contributed by atoms with Gasteiger partial charge in [0.15, 0.2) is 6.61 Å². The number of methoxy groups -OCH3 is 1. The van der Waals surface area contributed by atoms with Crippen molar-refractivity contribution in [2.24, 2.45) is 0 Å². The summed E-state index contributed by atoms with van der Waals surface area (Å²) in [6.45, 7) is 6.03. The Balaban J connectivity index is 2.22. The number of benzene rings is 2.